The standard InChI is InChI=1S/C16H18BrNO2/c1-11-8-15(9-12(2)16(11)17)20-7-6-19-14-5-3-4-13(18)10-14/h3-5,8-10H,6-7,18H2,1-2H3. The molecule has 2 aromatic carbocycles. The first-order valence-electron chi connectivity index (χ1n) is 6.44. The number of rotatable bonds is 5. The number of anilines is 1. The molecule has 2 rings (SSSR count). The van der Waals surface area contributed by atoms with Crippen LogP contribution in [0.5, 0.6) is 11.5 Å². The Morgan fingerprint density at radius 3 is 2.15 bits per heavy atom. The van der Waals surface area contributed by atoms with E-state index in [0.717, 1.165) is 27.1 Å². The first-order valence-corrected chi connectivity index (χ1v) is 7.23. The number of hydrogen-bond donors (Lipinski definition) is 1. The third kappa shape index (κ3) is 3.90. The lowest BCUT2D eigenvalue weighted by molar-refractivity contribution is 0.217. The van der Waals surface area contributed by atoms with Crippen molar-refractivity contribution in [1.29, 1.82) is 0 Å². The fraction of sp³-hybridized carbons (Fsp3) is 0.250. The lowest BCUT2D eigenvalue weighted by Gasteiger charge is -2.11. The molecule has 0 amide bonds. The van der Waals surface area contributed by atoms with E-state index < -0.39 is 0 Å². The van der Waals surface area contributed by atoms with Crippen molar-refractivity contribution in [3.05, 3.63) is 52.0 Å². The van der Waals surface area contributed by atoms with Gasteiger partial charge in [0.25, 0.3) is 0 Å². The van der Waals surface area contributed by atoms with Crippen LogP contribution < -0.4 is 15.2 Å². The van der Waals surface area contributed by atoms with Gasteiger partial charge in [-0.1, -0.05) is 22.0 Å². The predicted molar refractivity (Wildman–Crippen MR) is 85.5 cm³/mol. The molecule has 0 unspecified atom stereocenters. The minimum Gasteiger partial charge on any atom is -0.490 e. The Bertz CT molecular complexity index is 576. The highest BCUT2D eigenvalue weighted by atomic mass is 79.9. The summed E-state index contributed by atoms with van der Waals surface area (Å²) < 4.78 is 12.4. The summed E-state index contributed by atoms with van der Waals surface area (Å²) in [5, 5.41) is 0. The third-order valence-corrected chi connectivity index (χ3v) is 4.14. The number of halogens is 1. The summed E-state index contributed by atoms with van der Waals surface area (Å²) in [6.45, 7) is 5.08. The van der Waals surface area contributed by atoms with Gasteiger partial charge >= 0.3 is 0 Å². The zero-order valence-corrected chi connectivity index (χ0v) is 13.2. The van der Waals surface area contributed by atoms with Gasteiger partial charge in [0, 0.05) is 16.2 Å². The summed E-state index contributed by atoms with van der Waals surface area (Å²) in [6, 6.07) is 11.4. The van der Waals surface area contributed by atoms with Crippen LogP contribution in [0.15, 0.2) is 40.9 Å². The number of benzene rings is 2. The Hall–Kier alpha value is -1.68. The number of ether oxygens (including phenoxy) is 2. The van der Waals surface area contributed by atoms with Crippen molar-refractivity contribution in [2.24, 2.45) is 0 Å². The van der Waals surface area contributed by atoms with Crippen molar-refractivity contribution in [3.8, 4) is 11.5 Å². The molecule has 0 aliphatic rings. The summed E-state index contributed by atoms with van der Waals surface area (Å²) >= 11 is 3.54. The van der Waals surface area contributed by atoms with Gasteiger partial charge in [0.1, 0.15) is 24.7 Å². The molecule has 0 saturated heterocycles. The zero-order valence-electron chi connectivity index (χ0n) is 11.7. The topological polar surface area (TPSA) is 44.5 Å². The Balaban J connectivity index is 1.84. The smallest absolute Gasteiger partial charge is 0.122 e. The summed E-state index contributed by atoms with van der Waals surface area (Å²) in [6.07, 6.45) is 0. The molecule has 0 bridgehead atoms. The highest BCUT2D eigenvalue weighted by Crippen LogP contribution is 2.26. The van der Waals surface area contributed by atoms with Crippen LogP contribution in [-0.4, -0.2) is 13.2 Å². The van der Waals surface area contributed by atoms with Gasteiger partial charge < -0.3 is 15.2 Å². The number of aryl methyl sites for hydroxylation is 2. The van der Waals surface area contributed by atoms with E-state index in [1.54, 1.807) is 6.07 Å². The summed E-state index contributed by atoms with van der Waals surface area (Å²) in [5.41, 5.74) is 8.71. The average molecular weight is 336 g/mol. The second-order valence-electron chi connectivity index (χ2n) is 4.64. The van der Waals surface area contributed by atoms with Crippen molar-refractivity contribution >= 4 is 21.6 Å². The molecular formula is C16H18BrNO2. The molecule has 0 spiro atoms. The van der Waals surface area contributed by atoms with Gasteiger partial charge in [-0.15, -0.1) is 0 Å². The van der Waals surface area contributed by atoms with Gasteiger partial charge in [-0.3, -0.25) is 0 Å². The van der Waals surface area contributed by atoms with Crippen LogP contribution in [0, 0.1) is 13.8 Å². The second kappa shape index (κ2) is 6.66. The van der Waals surface area contributed by atoms with Crippen LogP contribution >= 0.6 is 15.9 Å². The fourth-order valence-corrected chi connectivity index (χ4v) is 2.14. The van der Waals surface area contributed by atoms with Gasteiger partial charge in [-0.25, -0.2) is 0 Å². The van der Waals surface area contributed by atoms with Crippen molar-refractivity contribution < 1.29 is 9.47 Å². The average Bonchev–Trinajstić information content (AvgIpc) is 2.41. The van der Waals surface area contributed by atoms with Crippen LogP contribution in [-0.2, 0) is 0 Å². The van der Waals surface area contributed by atoms with Crippen molar-refractivity contribution in [2.75, 3.05) is 18.9 Å². The molecule has 0 fully saturated rings. The van der Waals surface area contributed by atoms with Gasteiger partial charge in [0.15, 0.2) is 0 Å². The van der Waals surface area contributed by atoms with Crippen molar-refractivity contribution in [1.82, 2.24) is 0 Å². The Kier molecular flexibility index (Phi) is 4.90. The molecule has 0 atom stereocenters. The molecule has 2 N–H and O–H groups in total. The Morgan fingerprint density at radius 2 is 1.55 bits per heavy atom. The monoisotopic (exact) mass is 335 g/mol. The van der Waals surface area contributed by atoms with Crippen LogP contribution in [0.2, 0.25) is 0 Å². The van der Waals surface area contributed by atoms with E-state index in [2.05, 4.69) is 15.9 Å². The number of nitrogens with two attached hydrogens (primary N) is 1. The van der Waals surface area contributed by atoms with Crippen molar-refractivity contribution in [2.45, 2.75) is 13.8 Å². The van der Waals surface area contributed by atoms with Gasteiger partial charge in [0.05, 0.1) is 0 Å². The van der Waals surface area contributed by atoms with Crippen LogP contribution in [0.25, 0.3) is 0 Å². The molecule has 0 heterocycles. The number of hydrogen-bond acceptors (Lipinski definition) is 3. The second-order valence-corrected chi connectivity index (χ2v) is 5.43. The third-order valence-electron chi connectivity index (χ3n) is 2.89. The summed E-state index contributed by atoms with van der Waals surface area (Å²) in [4.78, 5) is 0. The summed E-state index contributed by atoms with van der Waals surface area (Å²) in [5.74, 6) is 1.62. The maximum Gasteiger partial charge on any atom is 0.122 e. The predicted octanol–water partition coefficient (Wildman–Crippen LogP) is 4.11. The highest BCUT2D eigenvalue weighted by molar-refractivity contribution is 9.10. The van der Waals surface area contributed by atoms with Gasteiger partial charge in [-0.2, -0.15) is 0 Å². The molecule has 106 valence electrons. The lowest BCUT2D eigenvalue weighted by atomic mass is 10.1. The van der Waals surface area contributed by atoms with E-state index in [1.807, 2.05) is 44.2 Å². The van der Waals surface area contributed by atoms with Crippen LogP contribution in [0.4, 0.5) is 5.69 Å². The minimum atomic E-state index is 0.484. The molecular weight excluding hydrogens is 318 g/mol. The fourth-order valence-electron chi connectivity index (χ4n) is 1.91. The van der Waals surface area contributed by atoms with E-state index in [-0.39, 0.29) is 0 Å². The van der Waals surface area contributed by atoms with E-state index in [1.165, 1.54) is 0 Å². The van der Waals surface area contributed by atoms with E-state index >= 15 is 0 Å². The highest BCUT2D eigenvalue weighted by Gasteiger charge is 2.03. The van der Waals surface area contributed by atoms with Gasteiger partial charge in [-0.05, 0) is 49.2 Å². The van der Waals surface area contributed by atoms with Gasteiger partial charge in [0.2, 0.25) is 0 Å². The normalized spacial score (nSPS) is 10.3. The molecule has 3 nitrogen and oxygen atoms in total. The Labute approximate surface area is 127 Å². The first kappa shape index (κ1) is 14.7. The number of nitrogen functional groups attached to an aromatic ring is 1. The molecule has 0 aromatic heterocycles. The zero-order chi connectivity index (χ0) is 14.5. The molecule has 20 heavy (non-hydrogen) atoms. The van der Waals surface area contributed by atoms with E-state index in [0.29, 0.717) is 18.9 Å². The maximum atomic E-state index is 5.70. The molecule has 0 aliphatic carbocycles. The largest absolute Gasteiger partial charge is 0.490 e. The maximum absolute atomic E-state index is 5.70. The SMILES string of the molecule is Cc1cc(OCCOc2cccc(N)c2)cc(C)c1Br. The molecule has 0 radical (unpaired) electrons. The molecule has 0 saturated carbocycles. The minimum absolute atomic E-state index is 0.484. The lowest BCUT2D eigenvalue weighted by Crippen LogP contribution is -2.09. The van der Waals surface area contributed by atoms with E-state index in [9.17, 15) is 0 Å². The molecule has 4 heteroatoms. The van der Waals surface area contributed by atoms with Crippen LogP contribution in [0.1, 0.15) is 11.1 Å². The summed E-state index contributed by atoms with van der Waals surface area (Å²) in [7, 11) is 0. The molecule has 0 aliphatic heterocycles. The van der Waals surface area contributed by atoms with E-state index in [4.69, 9.17) is 15.2 Å². The quantitative estimate of drug-likeness (QED) is 0.660. The molecule has 2 aromatic rings. The Morgan fingerprint density at radius 1 is 0.950 bits per heavy atom. The van der Waals surface area contributed by atoms with Crippen LogP contribution in [0.3, 0.4) is 0 Å². The first-order chi connectivity index (χ1) is 9.56. The van der Waals surface area contributed by atoms with Crippen molar-refractivity contribution in [3.63, 3.8) is 0 Å².